The molecule has 0 aliphatic carbocycles. The van der Waals surface area contributed by atoms with E-state index < -0.39 is 0 Å². The molecule has 0 spiro atoms. The highest BCUT2D eigenvalue weighted by atomic mass is 16.5. The Bertz CT molecular complexity index is 87.1. The molecule has 0 bridgehead atoms. The third kappa shape index (κ3) is 1.64. The number of nitrogens with one attached hydrogen (secondary N) is 2. The van der Waals surface area contributed by atoms with Crippen molar-refractivity contribution < 1.29 is 4.74 Å². The summed E-state index contributed by atoms with van der Waals surface area (Å²) in [6.45, 7) is 3.85. The highest BCUT2D eigenvalue weighted by Crippen LogP contribution is 1.98. The molecule has 1 saturated heterocycles. The third-order valence-electron chi connectivity index (χ3n) is 1.63. The van der Waals surface area contributed by atoms with E-state index in [0.29, 0.717) is 12.3 Å². The Hall–Kier alpha value is -0.120. The molecule has 0 aromatic heterocycles. The van der Waals surface area contributed by atoms with Crippen molar-refractivity contribution in [3.05, 3.63) is 0 Å². The first-order chi connectivity index (χ1) is 4.34. The van der Waals surface area contributed by atoms with Gasteiger partial charge < -0.3 is 10.1 Å². The smallest absolute Gasteiger partial charge is 0.0837 e. The fourth-order valence-electron chi connectivity index (χ4n) is 1.06. The lowest BCUT2D eigenvalue weighted by atomic mass is 10.3. The minimum Gasteiger partial charge on any atom is -0.374 e. The second kappa shape index (κ2) is 3.15. The first-order valence-corrected chi connectivity index (χ1v) is 3.37. The molecule has 0 saturated carbocycles. The van der Waals surface area contributed by atoms with Crippen LogP contribution < -0.4 is 10.6 Å². The van der Waals surface area contributed by atoms with E-state index in [1.165, 1.54) is 0 Å². The van der Waals surface area contributed by atoms with Gasteiger partial charge in [0, 0.05) is 6.54 Å². The molecule has 2 unspecified atom stereocenters. The summed E-state index contributed by atoms with van der Waals surface area (Å²) in [7, 11) is 1.93. The van der Waals surface area contributed by atoms with Crippen LogP contribution in [0.15, 0.2) is 0 Å². The maximum absolute atomic E-state index is 5.36. The van der Waals surface area contributed by atoms with Crippen molar-refractivity contribution in [2.24, 2.45) is 0 Å². The van der Waals surface area contributed by atoms with Crippen LogP contribution in [0.3, 0.4) is 0 Å². The molecule has 2 N–H and O–H groups in total. The zero-order chi connectivity index (χ0) is 6.69. The largest absolute Gasteiger partial charge is 0.374 e. The molecule has 9 heavy (non-hydrogen) atoms. The molecular formula is C6H14N2O. The van der Waals surface area contributed by atoms with Gasteiger partial charge in [-0.15, -0.1) is 0 Å². The van der Waals surface area contributed by atoms with Crippen molar-refractivity contribution in [3.8, 4) is 0 Å². The number of hydrogen-bond acceptors (Lipinski definition) is 3. The van der Waals surface area contributed by atoms with Crippen LogP contribution in [0.2, 0.25) is 0 Å². The van der Waals surface area contributed by atoms with E-state index in [-0.39, 0.29) is 0 Å². The van der Waals surface area contributed by atoms with E-state index >= 15 is 0 Å². The number of likely N-dealkylation sites (N-methyl/N-ethyl adjacent to an activating group) is 1. The minimum atomic E-state index is 0.295. The Kier molecular flexibility index (Phi) is 2.45. The quantitative estimate of drug-likeness (QED) is 0.504. The molecule has 0 aromatic rings. The molecule has 1 aliphatic rings. The van der Waals surface area contributed by atoms with Gasteiger partial charge in [-0.1, -0.05) is 0 Å². The Morgan fingerprint density at radius 1 is 1.67 bits per heavy atom. The summed E-state index contributed by atoms with van der Waals surface area (Å²) >= 11 is 0. The second-order valence-corrected chi connectivity index (χ2v) is 2.30. The molecule has 3 nitrogen and oxygen atoms in total. The minimum absolute atomic E-state index is 0.295. The van der Waals surface area contributed by atoms with Crippen LogP contribution in [-0.2, 0) is 4.74 Å². The molecule has 1 rings (SSSR count). The third-order valence-corrected chi connectivity index (χ3v) is 1.63. The topological polar surface area (TPSA) is 33.3 Å². The Labute approximate surface area is 55.8 Å². The van der Waals surface area contributed by atoms with E-state index in [1.54, 1.807) is 0 Å². The van der Waals surface area contributed by atoms with Crippen molar-refractivity contribution in [2.45, 2.75) is 19.2 Å². The van der Waals surface area contributed by atoms with Gasteiger partial charge in [0.25, 0.3) is 0 Å². The number of rotatable bonds is 1. The van der Waals surface area contributed by atoms with Gasteiger partial charge in [0.05, 0.1) is 18.9 Å². The lowest BCUT2D eigenvalue weighted by molar-refractivity contribution is 0.000577. The van der Waals surface area contributed by atoms with Crippen LogP contribution in [0.25, 0.3) is 0 Å². The van der Waals surface area contributed by atoms with Crippen molar-refractivity contribution in [1.29, 1.82) is 0 Å². The summed E-state index contributed by atoms with van der Waals surface area (Å²) < 4.78 is 5.36. The predicted octanol–water partition coefficient (Wildman–Crippen LogP) is -0.460. The van der Waals surface area contributed by atoms with Gasteiger partial charge in [0.15, 0.2) is 0 Å². The van der Waals surface area contributed by atoms with Crippen LogP contribution >= 0.6 is 0 Å². The van der Waals surface area contributed by atoms with E-state index in [1.807, 2.05) is 7.05 Å². The Balaban J connectivity index is 2.30. The first-order valence-electron chi connectivity index (χ1n) is 3.37. The van der Waals surface area contributed by atoms with Gasteiger partial charge in [-0.2, -0.15) is 0 Å². The molecule has 1 fully saturated rings. The van der Waals surface area contributed by atoms with Gasteiger partial charge in [0.1, 0.15) is 0 Å². The average Bonchev–Trinajstić information content (AvgIpc) is 1.89. The average molecular weight is 130 g/mol. The zero-order valence-corrected chi connectivity index (χ0v) is 5.98. The highest BCUT2D eigenvalue weighted by Gasteiger charge is 2.18. The zero-order valence-electron chi connectivity index (χ0n) is 5.98. The number of morpholine rings is 1. The van der Waals surface area contributed by atoms with E-state index in [2.05, 4.69) is 17.6 Å². The Morgan fingerprint density at radius 2 is 2.44 bits per heavy atom. The highest BCUT2D eigenvalue weighted by molar-refractivity contribution is 4.73. The van der Waals surface area contributed by atoms with E-state index in [4.69, 9.17) is 4.74 Å². The second-order valence-electron chi connectivity index (χ2n) is 2.30. The summed E-state index contributed by atoms with van der Waals surface area (Å²) in [6.07, 6.45) is 0.627. The predicted molar refractivity (Wildman–Crippen MR) is 36.3 cm³/mol. The van der Waals surface area contributed by atoms with Crippen molar-refractivity contribution >= 4 is 0 Å². The van der Waals surface area contributed by atoms with Gasteiger partial charge in [0.2, 0.25) is 0 Å². The molecule has 0 amide bonds. The maximum atomic E-state index is 5.36. The molecule has 3 heteroatoms. The summed E-state index contributed by atoms with van der Waals surface area (Å²) in [6, 6.07) is 0. The summed E-state index contributed by atoms with van der Waals surface area (Å²) in [5.41, 5.74) is 0. The molecular weight excluding hydrogens is 116 g/mol. The van der Waals surface area contributed by atoms with Crippen molar-refractivity contribution in [3.63, 3.8) is 0 Å². The Morgan fingerprint density at radius 3 is 2.89 bits per heavy atom. The molecule has 54 valence electrons. The summed E-state index contributed by atoms with van der Waals surface area (Å²) in [5.74, 6) is 0. The van der Waals surface area contributed by atoms with Crippen LogP contribution in [0.1, 0.15) is 6.92 Å². The summed E-state index contributed by atoms with van der Waals surface area (Å²) in [4.78, 5) is 0. The molecule has 1 aliphatic heterocycles. The SMILES string of the molecule is CNC1NCCOC1C. The van der Waals surface area contributed by atoms with Crippen LogP contribution in [0.4, 0.5) is 0 Å². The standard InChI is InChI=1S/C6H14N2O/c1-5-6(7-2)8-3-4-9-5/h5-8H,3-4H2,1-2H3. The monoisotopic (exact) mass is 130 g/mol. The van der Waals surface area contributed by atoms with Gasteiger partial charge in [-0.3, -0.25) is 5.32 Å². The van der Waals surface area contributed by atoms with Crippen LogP contribution in [0, 0.1) is 0 Å². The van der Waals surface area contributed by atoms with E-state index in [9.17, 15) is 0 Å². The van der Waals surface area contributed by atoms with Crippen molar-refractivity contribution in [1.82, 2.24) is 10.6 Å². The fourth-order valence-corrected chi connectivity index (χ4v) is 1.06. The normalized spacial score (nSPS) is 36.7. The number of hydrogen-bond donors (Lipinski definition) is 2. The molecule has 0 aromatic carbocycles. The fraction of sp³-hybridized carbons (Fsp3) is 1.00. The number of ether oxygens (including phenoxy) is 1. The molecule has 2 atom stereocenters. The molecule has 1 heterocycles. The summed E-state index contributed by atoms with van der Waals surface area (Å²) in [5, 5.41) is 6.40. The first kappa shape index (κ1) is 6.99. The van der Waals surface area contributed by atoms with Crippen LogP contribution in [0.5, 0.6) is 0 Å². The van der Waals surface area contributed by atoms with Crippen LogP contribution in [-0.4, -0.2) is 32.5 Å². The lowest BCUT2D eigenvalue weighted by Crippen LogP contribution is -2.53. The van der Waals surface area contributed by atoms with Gasteiger partial charge >= 0.3 is 0 Å². The van der Waals surface area contributed by atoms with E-state index in [0.717, 1.165) is 13.2 Å². The maximum Gasteiger partial charge on any atom is 0.0837 e. The van der Waals surface area contributed by atoms with Gasteiger partial charge in [-0.05, 0) is 14.0 Å². The molecule has 0 radical (unpaired) electrons. The lowest BCUT2D eigenvalue weighted by Gasteiger charge is -2.29. The van der Waals surface area contributed by atoms with Crippen molar-refractivity contribution in [2.75, 3.05) is 20.2 Å². The van der Waals surface area contributed by atoms with Gasteiger partial charge in [-0.25, -0.2) is 0 Å².